The number of rotatable bonds is 2. The van der Waals surface area contributed by atoms with E-state index >= 15 is 0 Å². The molecule has 0 spiro atoms. The van der Waals surface area contributed by atoms with Crippen molar-refractivity contribution in [1.82, 2.24) is 0 Å². The van der Waals surface area contributed by atoms with Crippen LogP contribution in [0.5, 0.6) is 0 Å². The number of hydrogen-bond donors (Lipinski definition) is 1. The molecule has 0 aliphatic heterocycles. The Hall–Kier alpha value is -1.64. The molecular formula is C18H18O2. The predicted molar refractivity (Wildman–Crippen MR) is 77.6 cm³/mol. The summed E-state index contributed by atoms with van der Waals surface area (Å²) in [6.07, 6.45) is 1.33. The Morgan fingerprint density at radius 1 is 0.950 bits per heavy atom. The molecule has 2 heteroatoms. The second-order valence-electron chi connectivity index (χ2n) is 5.81. The van der Waals surface area contributed by atoms with Crippen LogP contribution in [0.1, 0.15) is 29.2 Å². The standard InChI is InChI=1S/C18H18O2/c1-2-20-18-15-9-5-3-7-13(15)11-17(18,19)12-14-8-4-6-10-16(14)18/h3-10,19H,2,11-12H2,1H3. The molecule has 20 heavy (non-hydrogen) atoms. The normalized spacial score (nSPS) is 29.9. The van der Waals surface area contributed by atoms with Crippen LogP contribution in [0.25, 0.3) is 0 Å². The maximum atomic E-state index is 11.3. The third kappa shape index (κ3) is 1.26. The second-order valence-corrected chi connectivity index (χ2v) is 5.81. The largest absolute Gasteiger partial charge is 0.385 e. The van der Waals surface area contributed by atoms with Crippen LogP contribution in [-0.2, 0) is 23.2 Å². The quantitative estimate of drug-likeness (QED) is 0.905. The van der Waals surface area contributed by atoms with Crippen LogP contribution in [0.15, 0.2) is 48.5 Å². The molecule has 0 amide bonds. The van der Waals surface area contributed by atoms with Crippen molar-refractivity contribution in [1.29, 1.82) is 0 Å². The predicted octanol–water partition coefficient (Wildman–Crippen LogP) is 2.81. The van der Waals surface area contributed by atoms with Gasteiger partial charge < -0.3 is 9.84 Å². The maximum Gasteiger partial charge on any atom is 0.148 e. The van der Waals surface area contributed by atoms with E-state index < -0.39 is 11.2 Å². The summed E-state index contributed by atoms with van der Waals surface area (Å²) in [6.45, 7) is 2.59. The highest BCUT2D eigenvalue weighted by atomic mass is 16.5. The lowest BCUT2D eigenvalue weighted by Gasteiger charge is -2.37. The van der Waals surface area contributed by atoms with Gasteiger partial charge in [0.1, 0.15) is 11.2 Å². The summed E-state index contributed by atoms with van der Waals surface area (Å²) in [6, 6.07) is 16.6. The van der Waals surface area contributed by atoms with Gasteiger partial charge in [0.15, 0.2) is 0 Å². The zero-order valence-corrected chi connectivity index (χ0v) is 11.6. The average Bonchev–Trinajstić information content (AvgIpc) is 2.83. The van der Waals surface area contributed by atoms with E-state index in [-0.39, 0.29) is 0 Å². The van der Waals surface area contributed by atoms with Crippen molar-refractivity contribution in [3.8, 4) is 0 Å². The van der Waals surface area contributed by atoms with Crippen LogP contribution in [0.4, 0.5) is 0 Å². The highest BCUT2D eigenvalue weighted by molar-refractivity contribution is 5.57. The first-order valence-electron chi connectivity index (χ1n) is 7.24. The van der Waals surface area contributed by atoms with Crippen LogP contribution in [0.3, 0.4) is 0 Å². The van der Waals surface area contributed by atoms with E-state index in [0.717, 1.165) is 11.1 Å². The summed E-state index contributed by atoms with van der Waals surface area (Å²) in [4.78, 5) is 0. The van der Waals surface area contributed by atoms with Crippen molar-refractivity contribution in [2.45, 2.75) is 31.0 Å². The summed E-state index contributed by atoms with van der Waals surface area (Å²) in [7, 11) is 0. The molecule has 2 aliphatic carbocycles. The summed E-state index contributed by atoms with van der Waals surface area (Å²) < 4.78 is 6.22. The van der Waals surface area contributed by atoms with Crippen LogP contribution >= 0.6 is 0 Å². The Morgan fingerprint density at radius 2 is 1.45 bits per heavy atom. The molecule has 0 aromatic heterocycles. The lowest BCUT2D eigenvalue weighted by atomic mass is 9.83. The van der Waals surface area contributed by atoms with Crippen LogP contribution in [-0.4, -0.2) is 17.3 Å². The first-order valence-corrected chi connectivity index (χ1v) is 7.24. The lowest BCUT2D eigenvalue weighted by molar-refractivity contribution is -0.142. The summed E-state index contributed by atoms with van der Waals surface area (Å²) in [5.41, 5.74) is 3.14. The third-order valence-electron chi connectivity index (χ3n) is 4.78. The van der Waals surface area contributed by atoms with Crippen molar-refractivity contribution >= 4 is 0 Å². The van der Waals surface area contributed by atoms with Gasteiger partial charge in [-0.25, -0.2) is 0 Å². The smallest absolute Gasteiger partial charge is 0.148 e. The number of ether oxygens (including phenoxy) is 1. The van der Waals surface area contributed by atoms with Gasteiger partial charge in [-0.3, -0.25) is 0 Å². The molecule has 102 valence electrons. The van der Waals surface area contributed by atoms with Crippen LogP contribution in [0.2, 0.25) is 0 Å². The lowest BCUT2D eigenvalue weighted by Crippen LogP contribution is -2.48. The Bertz CT molecular complexity index is 625. The van der Waals surface area contributed by atoms with Gasteiger partial charge in [0.25, 0.3) is 0 Å². The molecule has 0 bridgehead atoms. The summed E-state index contributed by atoms with van der Waals surface area (Å²) in [5, 5.41) is 11.3. The van der Waals surface area contributed by atoms with E-state index in [1.807, 2.05) is 31.2 Å². The van der Waals surface area contributed by atoms with E-state index in [1.165, 1.54) is 11.1 Å². The van der Waals surface area contributed by atoms with Gasteiger partial charge >= 0.3 is 0 Å². The van der Waals surface area contributed by atoms with E-state index in [9.17, 15) is 5.11 Å². The Labute approximate surface area is 119 Å². The van der Waals surface area contributed by atoms with E-state index in [1.54, 1.807) is 0 Å². The highest BCUT2D eigenvalue weighted by Gasteiger charge is 2.63. The SMILES string of the molecule is CCOC12c3ccccc3CC1(O)Cc1ccccc12. The number of hydrogen-bond acceptors (Lipinski definition) is 2. The molecule has 0 radical (unpaired) electrons. The van der Waals surface area contributed by atoms with Gasteiger partial charge in [-0.2, -0.15) is 0 Å². The van der Waals surface area contributed by atoms with Crippen molar-refractivity contribution in [3.05, 3.63) is 70.8 Å². The molecule has 2 aromatic rings. The maximum absolute atomic E-state index is 11.3. The average molecular weight is 266 g/mol. The molecule has 0 saturated carbocycles. The summed E-state index contributed by atoms with van der Waals surface area (Å²) >= 11 is 0. The molecule has 0 heterocycles. The molecular weight excluding hydrogens is 248 g/mol. The molecule has 0 fully saturated rings. The van der Waals surface area contributed by atoms with Gasteiger partial charge in [-0.15, -0.1) is 0 Å². The number of benzene rings is 2. The molecule has 2 aromatic carbocycles. The van der Waals surface area contributed by atoms with Crippen molar-refractivity contribution in [2.75, 3.05) is 6.61 Å². The van der Waals surface area contributed by atoms with Crippen molar-refractivity contribution in [2.24, 2.45) is 0 Å². The number of fused-ring (bicyclic) bond motifs is 5. The first-order chi connectivity index (χ1) is 9.71. The minimum absolute atomic E-state index is 0.588. The third-order valence-corrected chi connectivity index (χ3v) is 4.78. The second kappa shape index (κ2) is 3.94. The molecule has 2 nitrogen and oxygen atoms in total. The van der Waals surface area contributed by atoms with E-state index in [0.29, 0.717) is 19.4 Å². The van der Waals surface area contributed by atoms with Gasteiger partial charge in [-0.05, 0) is 29.2 Å². The van der Waals surface area contributed by atoms with Crippen molar-refractivity contribution < 1.29 is 9.84 Å². The number of aliphatic hydroxyl groups is 1. The molecule has 4 rings (SSSR count). The van der Waals surface area contributed by atoms with Gasteiger partial charge in [0.05, 0.1) is 0 Å². The van der Waals surface area contributed by atoms with Gasteiger partial charge in [-0.1, -0.05) is 48.5 Å². The van der Waals surface area contributed by atoms with Gasteiger partial charge in [0, 0.05) is 19.4 Å². The monoisotopic (exact) mass is 266 g/mol. The Balaban J connectivity index is 2.05. The van der Waals surface area contributed by atoms with Crippen LogP contribution < -0.4 is 0 Å². The fraction of sp³-hybridized carbons (Fsp3) is 0.333. The highest BCUT2D eigenvalue weighted by Crippen LogP contribution is 2.57. The molecule has 0 unspecified atom stereocenters. The molecule has 0 saturated heterocycles. The van der Waals surface area contributed by atoms with E-state index in [2.05, 4.69) is 24.3 Å². The Kier molecular flexibility index (Phi) is 2.39. The minimum Gasteiger partial charge on any atom is -0.385 e. The Morgan fingerprint density at radius 3 is 1.95 bits per heavy atom. The zero-order chi connectivity index (χ0) is 13.8. The van der Waals surface area contributed by atoms with Crippen molar-refractivity contribution in [3.63, 3.8) is 0 Å². The topological polar surface area (TPSA) is 29.5 Å². The zero-order valence-electron chi connectivity index (χ0n) is 11.6. The molecule has 2 aliphatic rings. The van der Waals surface area contributed by atoms with Gasteiger partial charge in [0.2, 0.25) is 0 Å². The summed E-state index contributed by atoms with van der Waals surface area (Å²) in [5.74, 6) is 0. The first kappa shape index (κ1) is 12.1. The van der Waals surface area contributed by atoms with Crippen LogP contribution in [0, 0.1) is 0 Å². The molecule has 0 atom stereocenters. The fourth-order valence-electron chi connectivity index (χ4n) is 4.13. The van der Waals surface area contributed by atoms with E-state index in [4.69, 9.17) is 4.74 Å². The fourth-order valence-corrected chi connectivity index (χ4v) is 4.13. The minimum atomic E-state index is -0.851. The molecule has 1 N–H and O–H groups in total.